The van der Waals surface area contributed by atoms with Gasteiger partial charge in [0.2, 0.25) is 17.7 Å². The van der Waals surface area contributed by atoms with Gasteiger partial charge >= 0.3 is 5.97 Å². The van der Waals surface area contributed by atoms with E-state index in [0.717, 1.165) is 27.6 Å². The molecule has 0 spiro atoms. The van der Waals surface area contributed by atoms with Gasteiger partial charge in [-0.1, -0.05) is 65.0 Å². The molecule has 7 rings (SSSR count). The molecular weight excluding hydrogens is 862 g/mol. The zero-order chi connectivity index (χ0) is 48.4. The number of ether oxygens (including phenoxy) is 2. The zero-order valence-electron chi connectivity index (χ0n) is 39.0. The first-order valence-electron chi connectivity index (χ1n) is 23.0. The molecule has 3 aliphatic rings. The number of hydrogen-bond donors (Lipinski definition) is 3. The third kappa shape index (κ3) is 10.00. The summed E-state index contributed by atoms with van der Waals surface area (Å²) in [5, 5.41) is 9.08. The molecule has 2 aromatic carbocycles. The minimum atomic E-state index is -1.77. The van der Waals surface area contributed by atoms with E-state index in [9.17, 15) is 38.4 Å². The lowest BCUT2D eigenvalue weighted by Crippen LogP contribution is -2.46. The number of carbonyl (C=O) groups excluding carboxylic acids is 7. The molecule has 3 N–H and O–H groups in total. The van der Waals surface area contributed by atoms with Crippen LogP contribution in [-0.4, -0.2) is 70.3 Å². The number of nitrogens with one attached hydrogen (secondary N) is 3. The van der Waals surface area contributed by atoms with E-state index in [-0.39, 0.29) is 94.1 Å². The fraction of sp³-hybridized carbons (Fsp3) is 0.471. The Bertz CT molecular complexity index is 2740. The molecule has 4 aromatic rings. The molecule has 0 fully saturated rings. The summed E-state index contributed by atoms with van der Waals surface area (Å²) in [5.74, 6) is -4.04. The predicted octanol–water partition coefficient (Wildman–Crippen LogP) is 5.47. The molecule has 15 nitrogen and oxygen atoms in total. The molecule has 1 aliphatic carbocycles. The maximum absolute atomic E-state index is 15.4. The minimum Gasteiger partial charge on any atom is -0.458 e. The summed E-state index contributed by atoms with van der Waals surface area (Å²) in [5.41, 5.74) is 2.60. The highest BCUT2D eigenvalue weighted by Gasteiger charge is 2.48. The number of Topliss-reactive ketones (excluding diaryl/α,β-unsaturated/α-hetero) is 3. The van der Waals surface area contributed by atoms with Crippen LogP contribution < -0.4 is 21.5 Å². The van der Waals surface area contributed by atoms with E-state index >= 15 is 4.39 Å². The normalized spacial score (nSPS) is 17.4. The summed E-state index contributed by atoms with van der Waals surface area (Å²) in [6.07, 6.45) is 1.12. The fourth-order valence-corrected chi connectivity index (χ4v) is 9.37. The van der Waals surface area contributed by atoms with Gasteiger partial charge < -0.3 is 30.0 Å². The van der Waals surface area contributed by atoms with Crippen molar-refractivity contribution in [2.75, 3.05) is 19.7 Å². The van der Waals surface area contributed by atoms with Gasteiger partial charge in [0.15, 0.2) is 17.2 Å². The van der Waals surface area contributed by atoms with E-state index in [1.165, 1.54) is 6.07 Å². The summed E-state index contributed by atoms with van der Waals surface area (Å²) >= 11 is 0. The molecule has 4 heterocycles. The van der Waals surface area contributed by atoms with Crippen LogP contribution in [-0.2, 0) is 74.6 Å². The molecule has 0 unspecified atom stereocenters. The number of rotatable bonds is 19. The standard InChI is InChI=1S/C51H58FN5O10/c1-7-42(61)55-38-15-14-33-28(3)37(52)23-39-44(33)45(38)34-26-57-40(46(34)56-39)22-36-35(48(57)64)27-66-49(65)51(36,8-2)67-19-18-31(58)24-54-47(63)30(20-29-12-10-9-11-13-29)21-32(59)25-53-43(62)17-16-41(60)50(4,5)6/h9-13,22-23,30,38H,7-8,14-21,24-27H2,1-6H3,(H,53,62)(H,54,63)(H,55,61)/t30-,38+,51+/m1/s1. The maximum atomic E-state index is 15.4. The van der Waals surface area contributed by atoms with Gasteiger partial charge in [0, 0.05) is 66.0 Å². The lowest BCUT2D eigenvalue weighted by Gasteiger charge is -2.36. The molecule has 0 radical (unpaired) electrons. The summed E-state index contributed by atoms with van der Waals surface area (Å²) < 4.78 is 28.8. The number of nitrogens with zero attached hydrogens (tertiary/aromatic N) is 2. The van der Waals surface area contributed by atoms with E-state index in [1.807, 2.05) is 18.2 Å². The number of carbonyl (C=O) groups is 7. The lowest BCUT2D eigenvalue weighted by atomic mass is 9.81. The molecule has 0 saturated heterocycles. The number of pyridine rings is 2. The first-order valence-corrected chi connectivity index (χ1v) is 23.0. The van der Waals surface area contributed by atoms with Gasteiger partial charge in [0.05, 0.1) is 54.8 Å². The average molecular weight is 920 g/mol. The van der Waals surface area contributed by atoms with E-state index in [1.54, 1.807) is 64.3 Å². The molecular formula is C51H58FN5O10. The maximum Gasteiger partial charge on any atom is 0.343 e. The van der Waals surface area contributed by atoms with Crippen LogP contribution in [0.3, 0.4) is 0 Å². The minimum absolute atomic E-state index is 0.0412. The van der Waals surface area contributed by atoms with Crippen LogP contribution >= 0.6 is 0 Å². The Morgan fingerprint density at radius 1 is 0.940 bits per heavy atom. The molecule has 16 heteroatoms. The van der Waals surface area contributed by atoms with E-state index < -0.39 is 70.2 Å². The van der Waals surface area contributed by atoms with Crippen molar-refractivity contribution in [2.45, 2.75) is 124 Å². The topological polar surface area (TPSA) is 209 Å². The van der Waals surface area contributed by atoms with Crippen LogP contribution in [0.25, 0.3) is 22.3 Å². The first-order chi connectivity index (χ1) is 31.9. The number of hydrogen-bond acceptors (Lipinski definition) is 11. The number of fused-ring (bicyclic) bond motifs is 5. The Hall–Kier alpha value is -6.42. The predicted molar refractivity (Wildman–Crippen MR) is 245 cm³/mol. The molecule has 67 heavy (non-hydrogen) atoms. The highest BCUT2D eigenvalue weighted by molar-refractivity contribution is 5.95. The molecule has 3 atom stereocenters. The smallest absolute Gasteiger partial charge is 0.343 e. The first kappa shape index (κ1) is 48.5. The average Bonchev–Trinajstić information content (AvgIpc) is 3.67. The van der Waals surface area contributed by atoms with Gasteiger partial charge in [0.25, 0.3) is 5.56 Å². The van der Waals surface area contributed by atoms with Crippen LogP contribution in [0.5, 0.6) is 0 Å². The van der Waals surface area contributed by atoms with E-state index in [2.05, 4.69) is 16.0 Å². The highest BCUT2D eigenvalue weighted by Crippen LogP contribution is 2.46. The van der Waals surface area contributed by atoms with Crippen molar-refractivity contribution in [1.29, 1.82) is 0 Å². The fourth-order valence-electron chi connectivity index (χ4n) is 9.37. The number of aryl methyl sites for hydroxylation is 1. The third-order valence-electron chi connectivity index (χ3n) is 13.3. The van der Waals surface area contributed by atoms with Crippen molar-refractivity contribution in [3.8, 4) is 11.4 Å². The van der Waals surface area contributed by atoms with Gasteiger partial charge in [-0.2, -0.15) is 0 Å². The SMILES string of the molecule is CCC(=O)N[C@H]1CCc2c(C)c(F)cc3nc4c(c1c23)Cn1c-4cc2c(c1=O)COC(=O)[C@@]2(CC)OCCC(=O)CNC(=O)[C@@H](CC(=O)CNC(=O)CCC(=O)C(C)(C)C)Cc1ccccc1. The number of amides is 3. The van der Waals surface area contributed by atoms with Crippen LogP contribution in [0.1, 0.15) is 125 Å². The van der Waals surface area contributed by atoms with Crippen LogP contribution in [0.2, 0.25) is 0 Å². The van der Waals surface area contributed by atoms with Gasteiger partial charge in [-0.05, 0) is 60.9 Å². The molecule has 2 aromatic heterocycles. The summed E-state index contributed by atoms with van der Waals surface area (Å²) in [4.78, 5) is 110. The zero-order valence-corrected chi connectivity index (χ0v) is 39.0. The number of ketones is 3. The van der Waals surface area contributed by atoms with Gasteiger partial charge in [-0.15, -0.1) is 0 Å². The largest absolute Gasteiger partial charge is 0.458 e. The molecule has 0 bridgehead atoms. The number of benzene rings is 2. The Morgan fingerprint density at radius 3 is 2.37 bits per heavy atom. The molecule has 0 saturated carbocycles. The molecule has 354 valence electrons. The highest BCUT2D eigenvalue weighted by atomic mass is 19.1. The van der Waals surface area contributed by atoms with E-state index in [4.69, 9.17) is 14.5 Å². The quantitative estimate of drug-likeness (QED) is 0.0885. The number of aromatic nitrogens is 2. The summed E-state index contributed by atoms with van der Waals surface area (Å²) in [7, 11) is 0. The van der Waals surface area contributed by atoms with E-state index in [0.29, 0.717) is 35.3 Å². The van der Waals surface area contributed by atoms with Crippen molar-refractivity contribution < 1.29 is 47.4 Å². The van der Waals surface area contributed by atoms with Crippen LogP contribution in [0.4, 0.5) is 4.39 Å². The van der Waals surface area contributed by atoms with Gasteiger partial charge in [0.1, 0.15) is 18.2 Å². The Kier molecular flexibility index (Phi) is 14.3. The van der Waals surface area contributed by atoms with Crippen molar-refractivity contribution in [1.82, 2.24) is 25.5 Å². The Labute approximate surface area is 388 Å². The number of halogens is 1. The van der Waals surface area contributed by atoms with Crippen LogP contribution in [0, 0.1) is 24.1 Å². The van der Waals surface area contributed by atoms with Crippen LogP contribution in [0.15, 0.2) is 47.3 Å². The molecule has 3 amide bonds. The number of esters is 1. The second kappa shape index (κ2) is 19.8. The third-order valence-corrected chi connectivity index (χ3v) is 13.3. The van der Waals surface area contributed by atoms with Crippen molar-refractivity contribution in [3.05, 3.63) is 97.6 Å². The molecule has 2 aliphatic heterocycles. The second-order valence-electron chi connectivity index (χ2n) is 18.7. The monoisotopic (exact) mass is 919 g/mol. The van der Waals surface area contributed by atoms with Crippen molar-refractivity contribution >= 4 is 51.9 Å². The van der Waals surface area contributed by atoms with Gasteiger partial charge in [-0.3, -0.25) is 33.6 Å². The van der Waals surface area contributed by atoms with Gasteiger partial charge in [-0.25, -0.2) is 14.2 Å². The van der Waals surface area contributed by atoms with Crippen molar-refractivity contribution in [2.24, 2.45) is 11.3 Å². The summed E-state index contributed by atoms with van der Waals surface area (Å²) in [6.45, 7) is 9.35. The van der Waals surface area contributed by atoms with Crippen molar-refractivity contribution in [3.63, 3.8) is 0 Å². The Balaban J connectivity index is 1.05. The summed E-state index contributed by atoms with van der Waals surface area (Å²) in [6, 6.07) is 11.7. The number of cyclic esters (lactones) is 1. The second-order valence-corrected chi connectivity index (χ2v) is 18.7. The lowest BCUT2D eigenvalue weighted by molar-refractivity contribution is -0.181. The Morgan fingerprint density at radius 2 is 1.67 bits per heavy atom.